The third-order valence-corrected chi connectivity index (χ3v) is 3.95. The van der Waals surface area contributed by atoms with Crippen molar-refractivity contribution in [2.24, 2.45) is 0 Å². The van der Waals surface area contributed by atoms with Crippen LogP contribution in [-0.4, -0.2) is 36.7 Å². The molecule has 2 aromatic rings. The third-order valence-electron chi connectivity index (χ3n) is 3.65. The second-order valence-electron chi connectivity index (χ2n) is 5.89. The van der Waals surface area contributed by atoms with Gasteiger partial charge >= 0.3 is 6.03 Å². The van der Waals surface area contributed by atoms with Gasteiger partial charge in [0, 0.05) is 19.8 Å². The first-order chi connectivity index (χ1) is 12.0. The average Bonchev–Trinajstić information content (AvgIpc) is 2.60. The van der Waals surface area contributed by atoms with Gasteiger partial charge in [-0.2, -0.15) is 0 Å². The van der Waals surface area contributed by atoms with Crippen LogP contribution in [0.4, 0.5) is 10.5 Å². The Hall–Kier alpha value is -2.24. The highest BCUT2D eigenvalue weighted by Crippen LogP contribution is 2.28. The minimum atomic E-state index is -0.496. The van der Waals surface area contributed by atoms with E-state index in [1.165, 1.54) is 4.90 Å². The predicted octanol–water partition coefficient (Wildman–Crippen LogP) is 4.33. The Morgan fingerprint density at radius 3 is 2.60 bits per heavy atom. The van der Waals surface area contributed by atoms with Gasteiger partial charge in [-0.25, -0.2) is 4.79 Å². The second kappa shape index (κ2) is 9.30. The summed E-state index contributed by atoms with van der Waals surface area (Å²) < 4.78 is 5.66. The van der Waals surface area contributed by atoms with Gasteiger partial charge in [0.05, 0.1) is 17.7 Å². The van der Waals surface area contributed by atoms with E-state index >= 15 is 0 Å². The standard InChI is InChI=1S/C19H23ClN2O3/c1-22(2)19(24)21-15-10-11-18(16(20)13-15)25-12-6-9-17(23)14-7-4-3-5-8-14/h3-5,7-8,10-11,13,17,23H,6,9,12H2,1-2H3,(H,21,24). The highest BCUT2D eigenvalue weighted by atomic mass is 35.5. The maximum absolute atomic E-state index is 11.6. The zero-order valence-electron chi connectivity index (χ0n) is 14.4. The largest absolute Gasteiger partial charge is 0.492 e. The fraction of sp³-hybridized carbons (Fsp3) is 0.316. The van der Waals surface area contributed by atoms with Crippen molar-refractivity contribution < 1.29 is 14.6 Å². The molecular formula is C19H23ClN2O3. The summed E-state index contributed by atoms with van der Waals surface area (Å²) >= 11 is 6.19. The Morgan fingerprint density at radius 1 is 1.24 bits per heavy atom. The number of halogens is 1. The topological polar surface area (TPSA) is 61.8 Å². The number of aliphatic hydroxyl groups excluding tert-OH is 1. The van der Waals surface area contributed by atoms with Crippen LogP contribution in [0.5, 0.6) is 5.75 Å². The quantitative estimate of drug-likeness (QED) is 0.721. The summed E-state index contributed by atoms with van der Waals surface area (Å²) in [5.41, 5.74) is 1.51. The van der Waals surface area contributed by atoms with Crippen LogP contribution in [0.25, 0.3) is 0 Å². The van der Waals surface area contributed by atoms with Gasteiger partial charge in [-0.05, 0) is 36.6 Å². The van der Waals surface area contributed by atoms with Crippen LogP contribution < -0.4 is 10.1 Å². The van der Waals surface area contributed by atoms with Crippen molar-refractivity contribution in [3.63, 3.8) is 0 Å². The molecule has 0 radical (unpaired) electrons. The lowest BCUT2D eigenvalue weighted by atomic mass is 10.1. The summed E-state index contributed by atoms with van der Waals surface area (Å²) in [4.78, 5) is 13.1. The van der Waals surface area contributed by atoms with Crippen molar-refractivity contribution >= 4 is 23.3 Å². The van der Waals surface area contributed by atoms with E-state index in [2.05, 4.69) is 5.32 Å². The van der Waals surface area contributed by atoms with E-state index in [0.29, 0.717) is 35.9 Å². The van der Waals surface area contributed by atoms with Gasteiger partial charge in [-0.1, -0.05) is 41.9 Å². The van der Waals surface area contributed by atoms with Crippen molar-refractivity contribution in [3.8, 4) is 5.75 Å². The molecule has 0 spiro atoms. The zero-order valence-corrected chi connectivity index (χ0v) is 15.2. The van der Waals surface area contributed by atoms with Crippen LogP contribution in [-0.2, 0) is 0 Å². The molecule has 0 saturated heterocycles. The van der Waals surface area contributed by atoms with Crippen LogP contribution in [0.3, 0.4) is 0 Å². The van der Waals surface area contributed by atoms with Crippen LogP contribution in [0, 0.1) is 0 Å². The normalized spacial score (nSPS) is 11.7. The Labute approximate surface area is 153 Å². The van der Waals surface area contributed by atoms with E-state index in [4.69, 9.17) is 16.3 Å². The van der Waals surface area contributed by atoms with E-state index in [1.54, 1.807) is 32.3 Å². The number of carbonyl (C=O) groups excluding carboxylic acids is 1. The molecule has 0 aromatic heterocycles. The molecule has 0 heterocycles. The monoisotopic (exact) mass is 362 g/mol. The van der Waals surface area contributed by atoms with Gasteiger partial charge in [-0.3, -0.25) is 0 Å². The molecule has 0 aliphatic carbocycles. The van der Waals surface area contributed by atoms with Crippen LogP contribution >= 0.6 is 11.6 Å². The van der Waals surface area contributed by atoms with E-state index < -0.39 is 6.10 Å². The van der Waals surface area contributed by atoms with Gasteiger partial charge < -0.3 is 20.1 Å². The number of anilines is 1. The molecule has 2 rings (SSSR count). The molecule has 0 bridgehead atoms. The molecule has 25 heavy (non-hydrogen) atoms. The number of aliphatic hydroxyl groups is 1. The van der Waals surface area contributed by atoms with Crippen molar-refractivity contribution in [1.29, 1.82) is 0 Å². The Kier molecular flexibility index (Phi) is 7.10. The molecule has 5 nitrogen and oxygen atoms in total. The Balaban J connectivity index is 1.80. The maximum Gasteiger partial charge on any atom is 0.321 e. The molecular weight excluding hydrogens is 340 g/mol. The first-order valence-corrected chi connectivity index (χ1v) is 8.49. The van der Waals surface area contributed by atoms with Crippen molar-refractivity contribution in [1.82, 2.24) is 4.90 Å². The van der Waals surface area contributed by atoms with Crippen LogP contribution in [0.1, 0.15) is 24.5 Å². The summed E-state index contributed by atoms with van der Waals surface area (Å²) in [6, 6.07) is 14.4. The van der Waals surface area contributed by atoms with E-state index in [0.717, 1.165) is 5.56 Å². The number of benzene rings is 2. The number of amides is 2. The predicted molar refractivity (Wildman–Crippen MR) is 100 cm³/mol. The summed E-state index contributed by atoms with van der Waals surface area (Å²) in [6.45, 7) is 0.451. The molecule has 6 heteroatoms. The van der Waals surface area contributed by atoms with Crippen molar-refractivity contribution in [3.05, 3.63) is 59.1 Å². The Morgan fingerprint density at radius 2 is 1.96 bits per heavy atom. The molecule has 1 atom stereocenters. The van der Waals surface area contributed by atoms with Gasteiger partial charge in [0.1, 0.15) is 5.75 Å². The number of hydrogen-bond acceptors (Lipinski definition) is 3. The minimum Gasteiger partial charge on any atom is -0.492 e. The summed E-state index contributed by atoms with van der Waals surface area (Å²) in [7, 11) is 3.33. The van der Waals surface area contributed by atoms with Gasteiger partial charge in [0.2, 0.25) is 0 Å². The molecule has 2 N–H and O–H groups in total. The van der Waals surface area contributed by atoms with Gasteiger partial charge in [0.15, 0.2) is 0 Å². The van der Waals surface area contributed by atoms with E-state index in [9.17, 15) is 9.90 Å². The fourth-order valence-electron chi connectivity index (χ4n) is 2.23. The lowest BCUT2D eigenvalue weighted by Gasteiger charge is -2.14. The highest BCUT2D eigenvalue weighted by molar-refractivity contribution is 6.32. The van der Waals surface area contributed by atoms with E-state index in [-0.39, 0.29) is 6.03 Å². The first kappa shape index (κ1) is 19.1. The molecule has 0 aliphatic rings. The number of ether oxygens (including phenoxy) is 1. The number of nitrogens with zero attached hydrogens (tertiary/aromatic N) is 1. The molecule has 0 saturated carbocycles. The highest BCUT2D eigenvalue weighted by Gasteiger charge is 2.09. The molecule has 2 aromatic carbocycles. The average molecular weight is 363 g/mol. The van der Waals surface area contributed by atoms with Gasteiger partial charge in [-0.15, -0.1) is 0 Å². The van der Waals surface area contributed by atoms with Gasteiger partial charge in [0.25, 0.3) is 0 Å². The molecule has 1 unspecified atom stereocenters. The van der Waals surface area contributed by atoms with E-state index in [1.807, 2.05) is 30.3 Å². The Bertz CT molecular complexity index is 692. The van der Waals surface area contributed by atoms with Crippen molar-refractivity contribution in [2.45, 2.75) is 18.9 Å². The fourth-order valence-corrected chi connectivity index (χ4v) is 2.47. The minimum absolute atomic E-state index is 0.223. The third kappa shape index (κ3) is 5.96. The maximum atomic E-state index is 11.6. The number of rotatable bonds is 7. The lowest BCUT2D eigenvalue weighted by Crippen LogP contribution is -2.27. The summed E-state index contributed by atoms with van der Waals surface area (Å²) in [6.07, 6.45) is 0.813. The first-order valence-electron chi connectivity index (χ1n) is 8.11. The molecule has 134 valence electrons. The summed E-state index contributed by atoms with van der Waals surface area (Å²) in [5.74, 6) is 0.554. The number of urea groups is 1. The summed E-state index contributed by atoms with van der Waals surface area (Å²) in [5, 5.41) is 13.3. The van der Waals surface area contributed by atoms with Crippen LogP contribution in [0.15, 0.2) is 48.5 Å². The SMILES string of the molecule is CN(C)C(=O)Nc1ccc(OCCCC(O)c2ccccc2)c(Cl)c1. The molecule has 0 aliphatic heterocycles. The second-order valence-corrected chi connectivity index (χ2v) is 6.29. The lowest BCUT2D eigenvalue weighted by molar-refractivity contribution is 0.155. The van der Waals surface area contributed by atoms with Crippen LogP contribution in [0.2, 0.25) is 5.02 Å². The number of carbonyl (C=O) groups is 1. The van der Waals surface area contributed by atoms with Crippen molar-refractivity contribution in [2.75, 3.05) is 26.0 Å². The smallest absolute Gasteiger partial charge is 0.321 e. The zero-order chi connectivity index (χ0) is 18.2. The number of hydrogen-bond donors (Lipinski definition) is 2. The molecule has 0 fully saturated rings. The molecule has 2 amide bonds. The number of nitrogens with one attached hydrogen (secondary N) is 1.